The fourth-order valence-corrected chi connectivity index (χ4v) is 2.89. The second kappa shape index (κ2) is 6.82. The van der Waals surface area contributed by atoms with Crippen LogP contribution in [-0.4, -0.2) is 33.1 Å². The number of carbonyl (C=O) groups excluding carboxylic acids is 2. The number of rotatable bonds is 5. The van der Waals surface area contributed by atoms with Crippen molar-refractivity contribution in [2.45, 2.75) is 39.2 Å². The molecule has 126 valence electrons. The lowest BCUT2D eigenvalue weighted by atomic mass is 10.00. The first-order valence-corrected chi connectivity index (χ1v) is 8.18. The lowest BCUT2D eigenvalue weighted by Crippen LogP contribution is -2.35. The Kier molecular flexibility index (Phi) is 4.59. The second-order valence-corrected chi connectivity index (χ2v) is 5.93. The molecular weight excluding hydrogens is 306 g/mol. The lowest BCUT2D eigenvalue weighted by Gasteiger charge is -2.29. The van der Waals surface area contributed by atoms with E-state index in [0.717, 1.165) is 29.9 Å². The molecule has 2 aromatic rings. The van der Waals surface area contributed by atoms with Gasteiger partial charge in [-0.2, -0.15) is 5.10 Å². The molecule has 24 heavy (non-hydrogen) atoms. The van der Waals surface area contributed by atoms with E-state index in [1.807, 2.05) is 23.1 Å². The van der Waals surface area contributed by atoms with E-state index in [1.165, 1.54) is 17.3 Å². The van der Waals surface area contributed by atoms with Crippen molar-refractivity contribution in [3.8, 4) is 0 Å². The van der Waals surface area contributed by atoms with Gasteiger partial charge in [0.05, 0.1) is 0 Å². The van der Waals surface area contributed by atoms with E-state index in [9.17, 15) is 9.59 Å². The minimum absolute atomic E-state index is 0.155. The summed E-state index contributed by atoms with van der Waals surface area (Å²) in [4.78, 5) is 30.1. The third-order valence-electron chi connectivity index (χ3n) is 4.21. The molecule has 0 saturated carbocycles. The van der Waals surface area contributed by atoms with Gasteiger partial charge >= 0.3 is 0 Å². The Morgan fingerprint density at radius 3 is 2.92 bits per heavy atom. The van der Waals surface area contributed by atoms with Crippen LogP contribution in [0.4, 0.5) is 11.4 Å². The van der Waals surface area contributed by atoms with Crippen molar-refractivity contribution in [3.05, 3.63) is 36.4 Å². The first kappa shape index (κ1) is 16.2. The van der Waals surface area contributed by atoms with Gasteiger partial charge < -0.3 is 10.2 Å². The smallest absolute Gasteiger partial charge is 0.249 e. The number of aryl methyl sites for hydroxylation is 1. The van der Waals surface area contributed by atoms with E-state index < -0.39 is 6.04 Å². The normalized spacial score (nSPS) is 15.1. The number of amides is 2. The summed E-state index contributed by atoms with van der Waals surface area (Å²) in [5.41, 5.74) is 2.78. The zero-order valence-corrected chi connectivity index (χ0v) is 13.9. The highest BCUT2D eigenvalue weighted by Gasteiger charge is 2.24. The van der Waals surface area contributed by atoms with Gasteiger partial charge in [0.2, 0.25) is 11.8 Å². The zero-order chi connectivity index (χ0) is 17.1. The van der Waals surface area contributed by atoms with E-state index in [-0.39, 0.29) is 11.8 Å². The van der Waals surface area contributed by atoms with Crippen molar-refractivity contribution < 1.29 is 9.59 Å². The standard InChI is InChI=1S/C17H21N5O2/c1-3-8-21-15-6-5-14(9-13(15)4-7-16(21)23)20-17(24)12(2)22-11-18-10-19-22/h5-6,9-12H,3-4,7-8H2,1-2H3,(H,20,24)/t12-/m0/s1. The molecule has 0 radical (unpaired) electrons. The largest absolute Gasteiger partial charge is 0.324 e. The third kappa shape index (κ3) is 3.15. The van der Waals surface area contributed by atoms with Crippen LogP contribution in [0.15, 0.2) is 30.9 Å². The minimum Gasteiger partial charge on any atom is -0.324 e. The predicted molar refractivity (Wildman–Crippen MR) is 90.8 cm³/mol. The van der Waals surface area contributed by atoms with Crippen LogP contribution < -0.4 is 10.2 Å². The summed E-state index contributed by atoms with van der Waals surface area (Å²) in [6.07, 6.45) is 5.06. The van der Waals surface area contributed by atoms with Crippen LogP contribution in [0.25, 0.3) is 0 Å². The molecule has 0 aliphatic carbocycles. The van der Waals surface area contributed by atoms with Gasteiger partial charge in [0, 0.05) is 24.3 Å². The number of fused-ring (bicyclic) bond motifs is 1. The van der Waals surface area contributed by atoms with E-state index in [2.05, 4.69) is 22.3 Å². The van der Waals surface area contributed by atoms with Crippen molar-refractivity contribution in [1.29, 1.82) is 0 Å². The number of benzene rings is 1. The molecule has 2 amide bonds. The summed E-state index contributed by atoms with van der Waals surface area (Å²) >= 11 is 0. The molecule has 0 spiro atoms. The lowest BCUT2D eigenvalue weighted by molar-refractivity contribution is -0.119. The Morgan fingerprint density at radius 1 is 1.38 bits per heavy atom. The molecule has 7 heteroatoms. The molecule has 0 bridgehead atoms. The van der Waals surface area contributed by atoms with Gasteiger partial charge in [-0.25, -0.2) is 9.67 Å². The van der Waals surface area contributed by atoms with Crippen molar-refractivity contribution in [3.63, 3.8) is 0 Å². The van der Waals surface area contributed by atoms with Crippen LogP contribution >= 0.6 is 0 Å². The monoisotopic (exact) mass is 327 g/mol. The van der Waals surface area contributed by atoms with Gasteiger partial charge in [0.15, 0.2) is 0 Å². The van der Waals surface area contributed by atoms with Crippen LogP contribution in [0, 0.1) is 0 Å². The van der Waals surface area contributed by atoms with Crippen LogP contribution in [0.5, 0.6) is 0 Å². The molecule has 2 heterocycles. The second-order valence-electron chi connectivity index (χ2n) is 5.93. The quantitative estimate of drug-likeness (QED) is 0.912. The Labute approximate surface area is 140 Å². The first-order valence-electron chi connectivity index (χ1n) is 8.18. The SMILES string of the molecule is CCCN1C(=O)CCc2cc(NC(=O)[C@H](C)n3cncn3)ccc21. The highest BCUT2D eigenvalue weighted by Crippen LogP contribution is 2.30. The van der Waals surface area contributed by atoms with Crippen molar-refractivity contribution in [2.75, 3.05) is 16.8 Å². The van der Waals surface area contributed by atoms with Gasteiger partial charge in [-0.15, -0.1) is 0 Å². The maximum Gasteiger partial charge on any atom is 0.249 e. The average Bonchev–Trinajstić information content (AvgIpc) is 3.11. The van der Waals surface area contributed by atoms with Crippen molar-refractivity contribution in [2.24, 2.45) is 0 Å². The number of anilines is 2. The highest BCUT2D eigenvalue weighted by atomic mass is 16.2. The minimum atomic E-state index is -0.443. The van der Waals surface area contributed by atoms with Crippen LogP contribution in [0.3, 0.4) is 0 Å². The van der Waals surface area contributed by atoms with Gasteiger partial charge in [-0.1, -0.05) is 6.92 Å². The molecular formula is C17H21N5O2. The number of carbonyl (C=O) groups is 2. The first-order chi connectivity index (χ1) is 11.6. The molecule has 0 unspecified atom stereocenters. The maximum absolute atomic E-state index is 12.3. The third-order valence-corrected chi connectivity index (χ3v) is 4.21. The van der Waals surface area contributed by atoms with Crippen LogP contribution in [0.2, 0.25) is 0 Å². The molecule has 1 aliphatic heterocycles. The summed E-state index contributed by atoms with van der Waals surface area (Å²) in [5.74, 6) is 0.0127. The molecule has 0 fully saturated rings. The number of aromatic nitrogens is 3. The fraction of sp³-hybridized carbons (Fsp3) is 0.412. The molecule has 7 nitrogen and oxygen atoms in total. The zero-order valence-electron chi connectivity index (χ0n) is 13.9. The molecule has 1 aliphatic rings. The summed E-state index contributed by atoms with van der Waals surface area (Å²) in [7, 11) is 0. The molecule has 0 saturated heterocycles. The van der Waals surface area contributed by atoms with Gasteiger partial charge in [0.25, 0.3) is 0 Å². The summed E-state index contributed by atoms with van der Waals surface area (Å²) in [6.45, 7) is 4.55. The molecule has 1 aromatic heterocycles. The average molecular weight is 327 g/mol. The highest BCUT2D eigenvalue weighted by molar-refractivity contribution is 5.98. The fourth-order valence-electron chi connectivity index (χ4n) is 2.89. The Morgan fingerprint density at radius 2 is 2.21 bits per heavy atom. The maximum atomic E-state index is 12.3. The van der Waals surface area contributed by atoms with Crippen LogP contribution in [0.1, 0.15) is 38.3 Å². The van der Waals surface area contributed by atoms with Crippen molar-refractivity contribution >= 4 is 23.2 Å². The van der Waals surface area contributed by atoms with E-state index >= 15 is 0 Å². The number of nitrogens with one attached hydrogen (secondary N) is 1. The van der Waals surface area contributed by atoms with Crippen LogP contribution in [-0.2, 0) is 16.0 Å². The number of nitrogens with zero attached hydrogens (tertiary/aromatic N) is 4. The van der Waals surface area contributed by atoms with Crippen molar-refractivity contribution in [1.82, 2.24) is 14.8 Å². The summed E-state index contributed by atoms with van der Waals surface area (Å²) in [6, 6.07) is 5.27. The molecule has 1 atom stereocenters. The number of hydrogen-bond donors (Lipinski definition) is 1. The molecule has 1 N–H and O–H groups in total. The summed E-state index contributed by atoms with van der Waals surface area (Å²) in [5, 5.41) is 6.90. The predicted octanol–water partition coefficient (Wildman–Crippen LogP) is 2.17. The van der Waals surface area contributed by atoms with Gasteiger partial charge in [-0.3, -0.25) is 9.59 Å². The van der Waals surface area contributed by atoms with E-state index in [1.54, 1.807) is 6.92 Å². The Balaban J connectivity index is 1.77. The topological polar surface area (TPSA) is 80.1 Å². The van der Waals surface area contributed by atoms with E-state index in [0.29, 0.717) is 12.8 Å². The summed E-state index contributed by atoms with van der Waals surface area (Å²) < 4.78 is 1.51. The van der Waals surface area contributed by atoms with Gasteiger partial charge in [0.1, 0.15) is 18.7 Å². The Bertz CT molecular complexity index is 741. The van der Waals surface area contributed by atoms with E-state index in [4.69, 9.17) is 0 Å². The molecule has 3 rings (SSSR count). The molecule has 1 aromatic carbocycles. The Hall–Kier alpha value is -2.70. The number of hydrogen-bond acceptors (Lipinski definition) is 4. The van der Waals surface area contributed by atoms with Gasteiger partial charge in [-0.05, 0) is 43.5 Å².